The van der Waals surface area contributed by atoms with Crippen LogP contribution in [0.5, 0.6) is 0 Å². The molecule has 0 fully saturated rings. The fraction of sp³-hybridized carbons (Fsp3) is 0.0625. The number of nitro groups is 1. The first-order chi connectivity index (χ1) is 11.5. The van der Waals surface area contributed by atoms with E-state index in [0.717, 1.165) is 5.69 Å². The third kappa shape index (κ3) is 3.12. The number of amides is 1. The van der Waals surface area contributed by atoms with Gasteiger partial charge in [0.1, 0.15) is 11.5 Å². The summed E-state index contributed by atoms with van der Waals surface area (Å²) >= 11 is 0. The summed E-state index contributed by atoms with van der Waals surface area (Å²) in [6.07, 6.45) is 4.57. The lowest BCUT2D eigenvalue weighted by molar-refractivity contribution is -0.384. The third-order valence-corrected chi connectivity index (χ3v) is 3.35. The van der Waals surface area contributed by atoms with Crippen LogP contribution in [-0.2, 0) is 0 Å². The van der Waals surface area contributed by atoms with E-state index in [1.165, 1.54) is 35.3 Å². The van der Waals surface area contributed by atoms with Gasteiger partial charge in [-0.05, 0) is 31.2 Å². The molecule has 1 aromatic carbocycles. The largest absolute Gasteiger partial charge is 0.307 e. The van der Waals surface area contributed by atoms with Gasteiger partial charge in [0.25, 0.3) is 11.6 Å². The molecule has 0 aliphatic rings. The van der Waals surface area contributed by atoms with Crippen LogP contribution < -0.4 is 5.32 Å². The van der Waals surface area contributed by atoms with Crippen molar-refractivity contribution in [3.8, 4) is 5.69 Å². The van der Waals surface area contributed by atoms with E-state index in [1.54, 1.807) is 31.3 Å². The Morgan fingerprint density at radius 3 is 2.79 bits per heavy atom. The molecule has 2 heterocycles. The molecule has 120 valence electrons. The molecule has 0 saturated carbocycles. The minimum Gasteiger partial charge on any atom is -0.307 e. The Morgan fingerprint density at radius 2 is 2.12 bits per heavy atom. The second-order valence-corrected chi connectivity index (χ2v) is 5.05. The van der Waals surface area contributed by atoms with E-state index < -0.39 is 10.8 Å². The van der Waals surface area contributed by atoms with Crippen LogP contribution >= 0.6 is 0 Å². The number of carbonyl (C=O) groups is 1. The molecule has 1 amide bonds. The predicted molar refractivity (Wildman–Crippen MR) is 87.1 cm³/mol. The number of benzene rings is 1. The number of nitro benzene ring substituents is 1. The normalized spacial score (nSPS) is 10.4. The highest BCUT2D eigenvalue weighted by atomic mass is 16.6. The molecule has 0 unspecified atom stereocenters. The van der Waals surface area contributed by atoms with Gasteiger partial charge in [-0.2, -0.15) is 0 Å². The Kier molecular flexibility index (Phi) is 4.02. The standard InChI is InChI=1S/C16H13N5O3/c1-11-3-2-4-15(18-11)19-16(22)12-5-6-13(14(9-12)21(23)24)20-8-7-17-10-20/h2-10H,1H3,(H,18,19,22). The Balaban J connectivity index is 1.93. The summed E-state index contributed by atoms with van der Waals surface area (Å²) in [5, 5.41) is 14.0. The van der Waals surface area contributed by atoms with Gasteiger partial charge in [-0.3, -0.25) is 14.9 Å². The van der Waals surface area contributed by atoms with E-state index in [-0.39, 0.29) is 11.3 Å². The number of rotatable bonds is 4. The SMILES string of the molecule is Cc1cccc(NC(=O)c2ccc(-n3ccnc3)c([N+](=O)[O-])c2)n1. The highest BCUT2D eigenvalue weighted by molar-refractivity contribution is 6.04. The van der Waals surface area contributed by atoms with Crippen molar-refractivity contribution >= 4 is 17.4 Å². The van der Waals surface area contributed by atoms with Gasteiger partial charge in [0.2, 0.25) is 0 Å². The van der Waals surface area contributed by atoms with Gasteiger partial charge < -0.3 is 9.88 Å². The van der Waals surface area contributed by atoms with E-state index >= 15 is 0 Å². The molecular weight excluding hydrogens is 310 g/mol. The fourth-order valence-electron chi connectivity index (χ4n) is 2.23. The van der Waals surface area contributed by atoms with Gasteiger partial charge in [-0.1, -0.05) is 6.07 Å². The van der Waals surface area contributed by atoms with Crippen LogP contribution in [0.15, 0.2) is 55.1 Å². The number of nitrogens with one attached hydrogen (secondary N) is 1. The van der Waals surface area contributed by atoms with Crippen LogP contribution in [-0.4, -0.2) is 25.4 Å². The van der Waals surface area contributed by atoms with Crippen molar-refractivity contribution in [1.82, 2.24) is 14.5 Å². The maximum atomic E-state index is 12.3. The van der Waals surface area contributed by atoms with Crippen molar-refractivity contribution in [2.45, 2.75) is 6.92 Å². The van der Waals surface area contributed by atoms with Crippen molar-refractivity contribution < 1.29 is 9.72 Å². The molecule has 0 saturated heterocycles. The summed E-state index contributed by atoms with van der Waals surface area (Å²) in [6.45, 7) is 1.81. The van der Waals surface area contributed by atoms with Crippen LogP contribution in [0.1, 0.15) is 16.1 Å². The van der Waals surface area contributed by atoms with Crippen LogP contribution in [0.25, 0.3) is 5.69 Å². The zero-order valence-electron chi connectivity index (χ0n) is 12.7. The van der Waals surface area contributed by atoms with E-state index in [2.05, 4.69) is 15.3 Å². The highest BCUT2D eigenvalue weighted by Crippen LogP contribution is 2.24. The highest BCUT2D eigenvalue weighted by Gasteiger charge is 2.19. The quantitative estimate of drug-likeness (QED) is 0.587. The molecular formula is C16H13N5O3. The van der Waals surface area contributed by atoms with Gasteiger partial charge in [0, 0.05) is 29.7 Å². The second-order valence-electron chi connectivity index (χ2n) is 5.05. The molecule has 0 aliphatic carbocycles. The maximum absolute atomic E-state index is 12.3. The van der Waals surface area contributed by atoms with Crippen molar-refractivity contribution in [3.63, 3.8) is 0 Å². The first-order valence-corrected chi connectivity index (χ1v) is 7.06. The number of nitrogens with zero attached hydrogens (tertiary/aromatic N) is 4. The second kappa shape index (κ2) is 6.29. The van der Waals surface area contributed by atoms with Crippen molar-refractivity contribution in [2.24, 2.45) is 0 Å². The molecule has 0 bridgehead atoms. The van der Waals surface area contributed by atoms with Gasteiger partial charge in [0.05, 0.1) is 11.3 Å². The number of carbonyl (C=O) groups excluding carboxylic acids is 1. The minimum absolute atomic E-state index is 0.175. The maximum Gasteiger partial charge on any atom is 0.294 e. The summed E-state index contributed by atoms with van der Waals surface area (Å²) in [7, 11) is 0. The van der Waals surface area contributed by atoms with Crippen molar-refractivity contribution in [2.75, 3.05) is 5.32 Å². The number of hydrogen-bond donors (Lipinski definition) is 1. The molecule has 0 aliphatic heterocycles. The molecule has 2 aromatic heterocycles. The predicted octanol–water partition coefficient (Wildman–Crippen LogP) is 2.74. The van der Waals surface area contributed by atoms with Crippen molar-refractivity contribution in [1.29, 1.82) is 0 Å². The first kappa shape index (κ1) is 15.3. The summed E-state index contributed by atoms with van der Waals surface area (Å²) in [5.74, 6) is -0.0743. The lowest BCUT2D eigenvalue weighted by atomic mass is 10.1. The lowest BCUT2D eigenvalue weighted by Crippen LogP contribution is -2.14. The Morgan fingerprint density at radius 1 is 1.29 bits per heavy atom. The number of aryl methyl sites for hydroxylation is 1. The topological polar surface area (TPSA) is 103 Å². The van der Waals surface area contributed by atoms with Crippen LogP contribution in [0.3, 0.4) is 0 Å². The number of aromatic nitrogens is 3. The monoisotopic (exact) mass is 323 g/mol. The molecule has 24 heavy (non-hydrogen) atoms. The summed E-state index contributed by atoms with van der Waals surface area (Å²) in [5.41, 5.74) is 1.09. The summed E-state index contributed by atoms with van der Waals surface area (Å²) in [4.78, 5) is 31.1. The molecule has 3 rings (SSSR count). The molecule has 3 aromatic rings. The molecule has 0 spiro atoms. The Bertz CT molecular complexity index is 906. The summed E-state index contributed by atoms with van der Waals surface area (Å²) < 4.78 is 1.52. The number of hydrogen-bond acceptors (Lipinski definition) is 5. The van der Waals surface area contributed by atoms with E-state index in [1.807, 2.05) is 0 Å². The zero-order chi connectivity index (χ0) is 17.1. The lowest BCUT2D eigenvalue weighted by Gasteiger charge is -2.08. The smallest absolute Gasteiger partial charge is 0.294 e. The third-order valence-electron chi connectivity index (χ3n) is 3.35. The van der Waals surface area contributed by atoms with E-state index in [0.29, 0.717) is 11.5 Å². The number of pyridine rings is 1. The zero-order valence-corrected chi connectivity index (χ0v) is 12.7. The Labute approximate surface area is 136 Å². The number of anilines is 1. The van der Waals surface area contributed by atoms with Crippen LogP contribution in [0.4, 0.5) is 11.5 Å². The van der Waals surface area contributed by atoms with Gasteiger partial charge in [0.15, 0.2) is 0 Å². The Hall–Kier alpha value is -3.55. The average Bonchev–Trinajstić information content (AvgIpc) is 3.08. The molecule has 0 atom stereocenters. The fourth-order valence-corrected chi connectivity index (χ4v) is 2.23. The van der Waals surface area contributed by atoms with Gasteiger partial charge >= 0.3 is 0 Å². The van der Waals surface area contributed by atoms with Crippen molar-refractivity contribution in [3.05, 3.63) is 76.5 Å². The van der Waals surface area contributed by atoms with E-state index in [9.17, 15) is 14.9 Å². The van der Waals surface area contributed by atoms with Gasteiger partial charge in [-0.15, -0.1) is 0 Å². The van der Waals surface area contributed by atoms with Crippen LogP contribution in [0.2, 0.25) is 0 Å². The molecule has 0 radical (unpaired) electrons. The summed E-state index contributed by atoms with van der Waals surface area (Å²) in [6, 6.07) is 9.49. The molecule has 8 nitrogen and oxygen atoms in total. The average molecular weight is 323 g/mol. The first-order valence-electron chi connectivity index (χ1n) is 7.06. The molecule has 8 heteroatoms. The van der Waals surface area contributed by atoms with Gasteiger partial charge in [-0.25, -0.2) is 9.97 Å². The number of imidazole rings is 1. The molecule has 1 N–H and O–H groups in total. The van der Waals surface area contributed by atoms with Crippen LogP contribution in [0, 0.1) is 17.0 Å². The van der Waals surface area contributed by atoms with E-state index in [4.69, 9.17) is 0 Å². The minimum atomic E-state index is -0.531.